The van der Waals surface area contributed by atoms with Crippen molar-refractivity contribution in [2.45, 2.75) is 25.9 Å². The van der Waals surface area contributed by atoms with Crippen LogP contribution in [-0.4, -0.2) is 72.5 Å². The third-order valence-corrected chi connectivity index (χ3v) is 6.32. The lowest BCUT2D eigenvalue weighted by Crippen LogP contribution is -2.25. The van der Waals surface area contributed by atoms with Gasteiger partial charge in [0.05, 0.1) is 12.1 Å². The van der Waals surface area contributed by atoms with Crippen molar-refractivity contribution in [1.29, 1.82) is 0 Å². The van der Waals surface area contributed by atoms with Crippen LogP contribution in [0.25, 0.3) is 0 Å². The van der Waals surface area contributed by atoms with Crippen LogP contribution in [0.4, 0.5) is 36.3 Å². The number of halogens is 4. The average molecular weight is 582 g/mol. The molecule has 0 spiro atoms. The molecule has 216 valence electrons. The summed E-state index contributed by atoms with van der Waals surface area (Å²) >= 11 is 6.17. The first-order chi connectivity index (χ1) is 19.0. The van der Waals surface area contributed by atoms with E-state index in [1.165, 1.54) is 25.9 Å². The summed E-state index contributed by atoms with van der Waals surface area (Å²) in [5, 5.41) is 11.0. The Bertz CT molecular complexity index is 1270. The summed E-state index contributed by atoms with van der Waals surface area (Å²) in [7, 11) is 3.56. The van der Waals surface area contributed by atoms with Crippen molar-refractivity contribution in [3.63, 3.8) is 0 Å². The summed E-state index contributed by atoms with van der Waals surface area (Å²) < 4.78 is 43.0. The summed E-state index contributed by atoms with van der Waals surface area (Å²) in [6.07, 6.45) is -0.677. The molecule has 2 N–H and O–H groups in total. The number of nitrogens with one attached hydrogen (secondary N) is 1. The molecule has 0 bridgehead atoms. The van der Waals surface area contributed by atoms with Gasteiger partial charge in [0.2, 0.25) is 5.95 Å². The van der Waals surface area contributed by atoms with E-state index in [1.54, 1.807) is 7.11 Å². The van der Waals surface area contributed by atoms with Gasteiger partial charge in [0.25, 0.3) is 0 Å². The number of aromatic nitrogens is 2. The summed E-state index contributed by atoms with van der Waals surface area (Å²) in [4.78, 5) is 22.5. The number of likely N-dealkylation sites (tertiary alicyclic amines) is 1. The van der Waals surface area contributed by atoms with Crippen molar-refractivity contribution in [3.8, 4) is 11.5 Å². The maximum Gasteiger partial charge on any atom is 0.490 e. The number of aliphatic carboxylic acids is 1. The fourth-order valence-corrected chi connectivity index (χ4v) is 4.07. The second-order valence-corrected chi connectivity index (χ2v) is 9.33. The third-order valence-electron chi connectivity index (χ3n) is 6.01. The van der Waals surface area contributed by atoms with E-state index < -0.39 is 12.1 Å². The molecule has 3 aromatic rings. The largest absolute Gasteiger partial charge is 0.495 e. The Morgan fingerprint density at radius 1 is 1.18 bits per heavy atom. The highest BCUT2D eigenvalue weighted by molar-refractivity contribution is 6.32. The van der Waals surface area contributed by atoms with Gasteiger partial charge in [0.15, 0.2) is 0 Å². The maximum absolute atomic E-state index is 10.6. The molecule has 0 amide bonds. The number of rotatable bonds is 9. The van der Waals surface area contributed by atoms with E-state index in [9.17, 15) is 13.2 Å². The molecule has 1 aliphatic rings. The first-order valence-corrected chi connectivity index (χ1v) is 12.8. The van der Waals surface area contributed by atoms with Crippen LogP contribution in [0.5, 0.6) is 11.5 Å². The lowest BCUT2D eigenvalue weighted by molar-refractivity contribution is -0.192. The Labute approximate surface area is 235 Å². The molecule has 0 unspecified atom stereocenters. The standard InChI is InChI=1S/C25H30ClN5O2.C2HF3O2/c1-18-17-27-25(29-24(18)30(2)20-8-11-22(26)23(16-20)32-3)28-19-6-9-21(10-7-19)33-15-14-31-12-4-5-13-31;3-2(4,5)1(6)7/h6-11,16-17H,4-5,12-15H2,1-3H3,(H,27,28,29);(H,6,7). The first kappa shape index (κ1) is 30.8. The summed E-state index contributed by atoms with van der Waals surface area (Å²) in [6, 6.07) is 13.5. The highest BCUT2D eigenvalue weighted by Gasteiger charge is 2.38. The van der Waals surface area contributed by atoms with Gasteiger partial charge in [-0.05, 0) is 69.3 Å². The SMILES string of the molecule is COc1cc(N(C)c2nc(Nc3ccc(OCCN4CCCC4)cc3)ncc2C)ccc1Cl.O=C(O)C(F)(F)F. The van der Waals surface area contributed by atoms with Crippen LogP contribution in [0.15, 0.2) is 48.7 Å². The van der Waals surface area contributed by atoms with Gasteiger partial charge in [-0.3, -0.25) is 4.90 Å². The number of carboxylic acids is 1. The second kappa shape index (κ2) is 14.0. The molecule has 0 saturated carbocycles. The van der Waals surface area contributed by atoms with E-state index >= 15 is 0 Å². The molecular formula is C27H31ClF3N5O4. The van der Waals surface area contributed by atoms with Crippen LogP contribution in [0, 0.1) is 6.92 Å². The lowest BCUT2D eigenvalue weighted by atomic mass is 10.2. The Balaban J connectivity index is 0.000000559. The van der Waals surface area contributed by atoms with Gasteiger partial charge in [-0.2, -0.15) is 18.2 Å². The molecule has 0 atom stereocenters. The number of carbonyl (C=O) groups is 1. The number of hydrogen-bond acceptors (Lipinski definition) is 8. The number of aryl methyl sites for hydroxylation is 1. The van der Waals surface area contributed by atoms with Crippen molar-refractivity contribution in [2.75, 3.05) is 50.6 Å². The third kappa shape index (κ3) is 8.88. The van der Waals surface area contributed by atoms with E-state index in [0.29, 0.717) is 23.3 Å². The minimum absolute atomic E-state index is 0.520. The number of benzene rings is 2. The van der Waals surface area contributed by atoms with Crippen LogP contribution in [0.2, 0.25) is 5.02 Å². The second-order valence-electron chi connectivity index (χ2n) is 8.93. The van der Waals surface area contributed by atoms with Crippen molar-refractivity contribution >= 4 is 40.7 Å². The summed E-state index contributed by atoms with van der Waals surface area (Å²) in [5.74, 6) is 0.0350. The molecule has 4 rings (SSSR count). The molecule has 40 heavy (non-hydrogen) atoms. The van der Waals surface area contributed by atoms with Gasteiger partial charge in [-0.25, -0.2) is 9.78 Å². The number of anilines is 4. The Kier molecular flexibility index (Phi) is 10.8. The minimum Gasteiger partial charge on any atom is -0.495 e. The minimum atomic E-state index is -5.08. The molecule has 1 aliphatic heterocycles. The van der Waals surface area contributed by atoms with Gasteiger partial charge < -0.3 is 24.8 Å². The van der Waals surface area contributed by atoms with Crippen LogP contribution in [0.3, 0.4) is 0 Å². The zero-order chi connectivity index (χ0) is 29.3. The molecule has 2 heterocycles. The maximum atomic E-state index is 10.6. The zero-order valence-electron chi connectivity index (χ0n) is 22.3. The average Bonchev–Trinajstić information content (AvgIpc) is 3.44. The summed E-state index contributed by atoms with van der Waals surface area (Å²) in [5.41, 5.74) is 2.77. The van der Waals surface area contributed by atoms with Gasteiger partial charge in [-0.1, -0.05) is 11.6 Å². The highest BCUT2D eigenvalue weighted by Crippen LogP contribution is 2.33. The molecule has 0 aliphatic carbocycles. The monoisotopic (exact) mass is 581 g/mol. The number of nitrogens with zero attached hydrogens (tertiary/aromatic N) is 4. The van der Waals surface area contributed by atoms with Gasteiger partial charge in [0, 0.05) is 42.8 Å². The predicted octanol–water partition coefficient (Wildman–Crippen LogP) is 6.07. The van der Waals surface area contributed by atoms with Crippen molar-refractivity contribution in [3.05, 3.63) is 59.2 Å². The number of carboxylic acid groups (broad SMARTS) is 1. The first-order valence-electron chi connectivity index (χ1n) is 12.4. The van der Waals surface area contributed by atoms with Gasteiger partial charge in [-0.15, -0.1) is 0 Å². The molecule has 0 radical (unpaired) electrons. The normalized spacial score (nSPS) is 13.3. The molecule has 13 heteroatoms. The number of ether oxygens (including phenoxy) is 2. The van der Waals surface area contributed by atoms with E-state index in [1.807, 2.05) is 67.5 Å². The topological polar surface area (TPSA) is 100 Å². The van der Waals surface area contributed by atoms with E-state index in [0.717, 1.165) is 35.1 Å². The molecule has 9 nitrogen and oxygen atoms in total. The van der Waals surface area contributed by atoms with Crippen LogP contribution in [-0.2, 0) is 4.79 Å². The molecular weight excluding hydrogens is 551 g/mol. The van der Waals surface area contributed by atoms with Crippen molar-refractivity contribution < 1.29 is 32.5 Å². The molecule has 1 saturated heterocycles. The lowest BCUT2D eigenvalue weighted by Gasteiger charge is -2.21. The molecule has 1 fully saturated rings. The van der Waals surface area contributed by atoms with Crippen LogP contribution in [0.1, 0.15) is 18.4 Å². The van der Waals surface area contributed by atoms with Crippen molar-refractivity contribution in [1.82, 2.24) is 14.9 Å². The van der Waals surface area contributed by atoms with E-state index in [-0.39, 0.29) is 0 Å². The van der Waals surface area contributed by atoms with Crippen molar-refractivity contribution in [2.24, 2.45) is 0 Å². The zero-order valence-corrected chi connectivity index (χ0v) is 23.1. The fourth-order valence-electron chi connectivity index (χ4n) is 3.87. The highest BCUT2D eigenvalue weighted by atomic mass is 35.5. The van der Waals surface area contributed by atoms with Gasteiger partial charge >= 0.3 is 12.1 Å². The van der Waals surface area contributed by atoms with E-state index in [4.69, 9.17) is 36.0 Å². The number of alkyl halides is 3. The predicted molar refractivity (Wildman–Crippen MR) is 147 cm³/mol. The van der Waals surface area contributed by atoms with E-state index in [2.05, 4.69) is 15.2 Å². The Morgan fingerprint density at radius 3 is 2.42 bits per heavy atom. The fraction of sp³-hybridized carbons (Fsp3) is 0.370. The number of hydrogen-bond donors (Lipinski definition) is 2. The number of methoxy groups -OCH3 is 1. The van der Waals surface area contributed by atoms with Gasteiger partial charge in [0.1, 0.15) is 23.9 Å². The smallest absolute Gasteiger partial charge is 0.490 e. The quantitative estimate of drug-likeness (QED) is 0.312. The summed E-state index contributed by atoms with van der Waals surface area (Å²) in [6.45, 7) is 6.04. The van der Waals surface area contributed by atoms with Crippen LogP contribution >= 0.6 is 11.6 Å². The Morgan fingerprint density at radius 2 is 1.82 bits per heavy atom. The Hall–Kier alpha value is -3.77. The molecule has 2 aromatic carbocycles. The van der Waals surface area contributed by atoms with Crippen LogP contribution < -0.4 is 19.7 Å². The molecule has 1 aromatic heterocycles.